The third kappa shape index (κ3) is 2.82. The minimum absolute atomic E-state index is 0.0220. The summed E-state index contributed by atoms with van der Waals surface area (Å²) in [6.45, 7) is 0.539. The fourth-order valence-corrected chi connectivity index (χ4v) is 2.18. The van der Waals surface area contributed by atoms with Crippen LogP contribution in [0.5, 0.6) is 0 Å². The Kier molecular flexibility index (Phi) is 3.87. The van der Waals surface area contributed by atoms with Crippen molar-refractivity contribution >= 4 is 29.1 Å². The summed E-state index contributed by atoms with van der Waals surface area (Å²) < 4.78 is 0. The predicted octanol–water partition coefficient (Wildman–Crippen LogP) is 1.77. The van der Waals surface area contributed by atoms with Crippen molar-refractivity contribution in [2.75, 3.05) is 18.2 Å². The Morgan fingerprint density at radius 3 is 3.00 bits per heavy atom. The molecular formula is C13H15ClN2O2. The van der Waals surface area contributed by atoms with Crippen molar-refractivity contribution < 1.29 is 9.59 Å². The summed E-state index contributed by atoms with van der Waals surface area (Å²) >= 11 is 5.54. The van der Waals surface area contributed by atoms with E-state index < -0.39 is 0 Å². The first-order chi connectivity index (χ1) is 8.60. The predicted molar refractivity (Wildman–Crippen MR) is 70.6 cm³/mol. The Morgan fingerprint density at radius 2 is 2.28 bits per heavy atom. The molecule has 0 aromatic heterocycles. The zero-order valence-corrected chi connectivity index (χ0v) is 11.0. The second kappa shape index (κ2) is 5.40. The van der Waals surface area contributed by atoms with Crippen LogP contribution in [0.3, 0.4) is 0 Å². The molecule has 0 atom stereocenters. The van der Waals surface area contributed by atoms with Gasteiger partial charge in [-0.1, -0.05) is 12.1 Å². The molecular weight excluding hydrogens is 252 g/mol. The molecule has 4 nitrogen and oxygen atoms in total. The number of halogens is 1. The van der Waals surface area contributed by atoms with Gasteiger partial charge in [-0.3, -0.25) is 9.59 Å². The summed E-state index contributed by atoms with van der Waals surface area (Å²) in [5.41, 5.74) is 2.89. The lowest BCUT2D eigenvalue weighted by molar-refractivity contribution is -0.130. The number of carbonyl (C=O) groups excluding carboxylic acids is 2. The maximum Gasteiger partial charge on any atom is 0.228 e. The first-order valence-corrected chi connectivity index (χ1v) is 6.35. The number of alkyl halides is 1. The highest BCUT2D eigenvalue weighted by Gasteiger charge is 2.18. The van der Waals surface area contributed by atoms with Gasteiger partial charge in [-0.05, 0) is 17.2 Å². The van der Waals surface area contributed by atoms with Crippen molar-refractivity contribution in [1.29, 1.82) is 0 Å². The van der Waals surface area contributed by atoms with Gasteiger partial charge >= 0.3 is 0 Å². The molecule has 0 fully saturated rings. The van der Waals surface area contributed by atoms with E-state index in [1.165, 1.54) is 0 Å². The highest BCUT2D eigenvalue weighted by molar-refractivity contribution is 6.18. The molecule has 2 amide bonds. The van der Waals surface area contributed by atoms with Crippen LogP contribution in [0, 0.1) is 0 Å². The molecule has 0 radical (unpaired) electrons. The number of benzene rings is 1. The van der Waals surface area contributed by atoms with Gasteiger partial charge < -0.3 is 10.2 Å². The summed E-state index contributed by atoms with van der Waals surface area (Å²) in [5.74, 6) is 0.389. The molecule has 2 rings (SSSR count). The fourth-order valence-electron chi connectivity index (χ4n) is 2.01. The lowest BCUT2D eigenvalue weighted by atomic mass is 10.1. The van der Waals surface area contributed by atoms with Crippen LogP contribution in [0.25, 0.3) is 0 Å². The van der Waals surface area contributed by atoms with Gasteiger partial charge in [0.05, 0.1) is 6.42 Å². The zero-order chi connectivity index (χ0) is 13.1. The Bertz CT molecular complexity index is 488. The molecule has 0 aliphatic carbocycles. The molecule has 1 aromatic rings. The highest BCUT2D eigenvalue weighted by Crippen LogP contribution is 2.24. The molecule has 18 heavy (non-hydrogen) atoms. The van der Waals surface area contributed by atoms with Crippen LogP contribution in [0.1, 0.15) is 17.5 Å². The van der Waals surface area contributed by atoms with Crippen LogP contribution < -0.4 is 5.32 Å². The smallest absolute Gasteiger partial charge is 0.228 e. The average Bonchev–Trinajstić information content (AvgIpc) is 2.68. The lowest BCUT2D eigenvalue weighted by Gasteiger charge is -2.17. The van der Waals surface area contributed by atoms with Crippen LogP contribution in [-0.2, 0) is 22.6 Å². The SMILES string of the molecule is CN(Cc1ccc2c(c1)CC(=O)N2)C(=O)CCCl. The number of amides is 2. The zero-order valence-electron chi connectivity index (χ0n) is 10.2. The van der Waals surface area contributed by atoms with E-state index in [1.54, 1.807) is 11.9 Å². The first kappa shape index (κ1) is 12.9. The molecule has 0 saturated heterocycles. The normalized spacial score (nSPS) is 13.1. The monoisotopic (exact) mass is 266 g/mol. The van der Waals surface area contributed by atoms with Gasteiger partial charge in [0.15, 0.2) is 0 Å². The third-order valence-electron chi connectivity index (χ3n) is 2.95. The topological polar surface area (TPSA) is 49.4 Å². The molecule has 1 aliphatic heterocycles. The number of hydrogen-bond acceptors (Lipinski definition) is 2. The molecule has 0 unspecified atom stereocenters. The first-order valence-electron chi connectivity index (χ1n) is 5.81. The number of hydrogen-bond donors (Lipinski definition) is 1. The van der Waals surface area contributed by atoms with Crippen LogP contribution in [0.2, 0.25) is 0 Å². The van der Waals surface area contributed by atoms with Gasteiger partial charge in [-0.2, -0.15) is 0 Å². The molecule has 5 heteroatoms. The molecule has 0 saturated carbocycles. The van der Waals surface area contributed by atoms with E-state index >= 15 is 0 Å². The quantitative estimate of drug-likeness (QED) is 0.845. The summed E-state index contributed by atoms with van der Waals surface area (Å²) in [7, 11) is 1.76. The molecule has 1 heterocycles. The fraction of sp³-hybridized carbons (Fsp3) is 0.385. The van der Waals surface area contributed by atoms with Crippen LogP contribution >= 0.6 is 11.6 Å². The van der Waals surface area contributed by atoms with Gasteiger partial charge in [0.2, 0.25) is 11.8 Å². The minimum Gasteiger partial charge on any atom is -0.341 e. The molecule has 0 bridgehead atoms. The van der Waals surface area contributed by atoms with E-state index in [0.29, 0.717) is 25.3 Å². The highest BCUT2D eigenvalue weighted by atomic mass is 35.5. The third-order valence-corrected chi connectivity index (χ3v) is 3.14. The Labute approximate surface area is 111 Å². The van der Waals surface area contributed by atoms with Crippen molar-refractivity contribution in [2.45, 2.75) is 19.4 Å². The second-order valence-corrected chi connectivity index (χ2v) is 4.78. The van der Waals surface area contributed by atoms with E-state index in [-0.39, 0.29) is 11.8 Å². The van der Waals surface area contributed by atoms with E-state index in [9.17, 15) is 9.59 Å². The standard InChI is InChI=1S/C13H15ClN2O2/c1-16(13(18)4-5-14)8-9-2-3-11-10(6-9)7-12(17)15-11/h2-3,6H,4-5,7-8H2,1H3,(H,15,17). The number of rotatable bonds is 4. The maximum atomic E-state index is 11.6. The minimum atomic E-state index is 0.0220. The number of fused-ring (bicyclic) bond motifs is 1. The van der Waals surface area contributed by atoms with Gasteiger partial charge in [0.25, 0.3) is 0 Å². The molecule has 1 aliphatic rings. The Balaban J connectivity index is 2.05. The maximum absolute atomic E-state index is 11.6. The molecule has 96 valence electrons. The summed E-state index contributed by atoms with van der Waals surface area (Å²) in [4.78, 5) is 24.5. The van der Waals surface area contributed by atoms with Crippen LogP contribution in [0.15, 0.2) is 18.2 Å². The Morgan fingerprint density at radius 1 is 1.50 bits per heavy atom. The summed E-state index contributed by atoms with van der Waals surface area (Å²) in [5, 5.41) is 2.78. The summed E-state index contributed by atoms with van der Waals surface area (Å²) in [6.07, 6.45) is 0.769. The van der Waals surface area contributed by atoms with Crippen molar-refractivity contribution in [3.8, 4) is 0 Å². The largest absolute Gasteiger partial charge is 0.341 e. The van der Waals surface area contributed by atoms with Crippen LogP contribution in [0.4, 0.5) is 5.69 Å². The molecule has 0 spiro atoms. The number of nitrogens with zero attached hydrogens (tertiary/aromatic N) is 1. The number of nitrogens with one attached hydrogen (secondary N) is 1. The molecule has 1 aromatic carbocycles. The van der Waals surface area contributed by atoms with Crippen molar-refractivity contribution in [1.82, 2.24) is 4.90 Å². The van der Waals surface area contributed by atoms with E-state index in [4.69, 9.17) is 11.6 Å². The van der Waals surface area contributed by atoms with E-state index in [1.807, 2.05) is 18.2 Å². The van der Waals surface area contributed by atoms with Gasteiger partial charge in [-0.25, -0.2) is 0 Å². The van der Waals surface area contributed by atoms with E-state index in [0.717, 1.165) is 16.8 Å². The van der Waals surface area contributed by atoms with E-state index in [2.05, 4.69) is 5.32 Å². The van der Waals surface area contributed by atoms with Gasteiger partial charge in [0, 0.05) is 31.6 Å². The number of carbonyl (C=O) groups is 2. The van der Waals surface area contributed by atoms with Crippen LogP contribution in [-0.4, -0.2) is 29.6 Å². The second-order valence-electron chi connectivity index (χ2n) is 4.41. The average molecular weight is 267 g/mol. The summed E-state index contributed by atoms with van der Waals surface area (Å²) in [6, 6.07) is 5.78. The van der Waals surface area contributed by atoms with Gasteiger partial charge in [0.1, 0.15) is 0 Å². The van der Waals surface area contributed by atoms with Crippen molar-refractivity contribution in [3.63, 3.8) is 0 Å². The molecule has 1 N–H and O–H groups in total. The number of anilines is 1. The lowest BCUT2D eigenvalue weighted by Crippen LogP contribution is -2.26. The van der Waals surface area contributed by atoms with Crippen molar-refractivity contribution in [2.24, 2.45) is 0 Å². The Hall–Kier alpha value is -1.55. The van der Waals surface area contributed by atoms with Crippen molar-refractivity contribution in [3.05, 3.63) is 29.3 Å². The van der Waals surface area contributed by atoms with Gasteiger partial charge in [-0.15, -0.1) is 11.6 Å².